The molecule has 3 rings (SSSR count). The van der Waals surface area contributed by atoms with E-state index in [1.165, 1.54) is 12.2 Å². The largest absolute Gasteiger partial charge is 0.463 e. The van der Waals surface area contributed by atoms with Gasteiger partial charge in [0.2, 0.25) is 11.8 Å². The van der Waals surface area contributed by atoms with Crippen molar-refractivity contribution < 1.29 is 23.9 Å². The summed E-state index contributed by atoms with van der Waals surface area (Å²) < 4.78 is 4.89. The lowest BCUT2D eigenvalue weighted by atomic mass is 10.0. The van der Waals surface area contributed by atoms with Crippen LogP contribution in [0.3, 0.4) is 0 Å². The highest BCUT2D eigenvalue weighted by atomic mass is 16.5. The molecule has 0 aliphatic carbocycles. The number of nitrogens with two attached hydrogens (primary N) is 1. The van der Waals surface area contributed by atoms with E-state index >= 15 is 0 Å². The number of amides is 3. The number of carbonyl (C=O) groups is 4. The van der Waals surface area contributed by atoms with Crippen LogP contribution >= 0.6 is 0 Å². The van der Waals surface area contributed by atoms with Crippen LogP contribution in [0.1, 0.15) is 35.8 Å². The molecule has 3 amide bonds. The van der Waals surface area contributed by atoms with Crippen LogP contribution in [0, 0.1) is 0 Å². The fourth-order valence-corrected chi connectivity index (χ4v) is 3.70. The highest BCUT2D eigenvalue weighted by Crippen LogP contribution is 2.17. The third kappa shape index (κ3) is 8.74. The third-order valence-electron chi connectivity index (χ3n) is 5.59. The summed E-state index contributed by atoms with van der Waals surface area (Å²) in [7, 11) is 0. The van der Waals surface area contributed by atoms with Crippen molar-refractivity contribution in [3.63, 3.8) is 0 Å². The van der Waals surface area contributed by atoms with Crippen LogP contribution in [-0.4, -0.2) is 52.3 Å². The lowest BCUT2D eigenvalue weighted by Gasteiger charge is -2.22. The summed E-state index contributed by atoms with van der Waals surface area (Å²) in [6.45, 7) is 1.88. The van der Waals surface area contributed by atoms with E-state index in [4.69, 9.17) is 10.5 Å². The van der Waals surface area contributed by atoms with Gasteiger partial charge in [-0.05, 0) is 43.2 Å². The molecule has 0 aliphatic rings. The molecule has 0 radical (unpaired) electrons. The first-order chi connectivity index (χ1) is 18.4. The predicted molar refractivity (Wildman–Crippen MR) is 142 cm³/mol. The predicted octanol–water partition coefficient (Wildman–Crippen LogP) is 2.29. The number of rotatable bonds is 13. The molecule has 198 valence electrons. The molecule has 10 heteroatoms. The summed E-state index contributed by atoms with van der Waals surface area (Å²) in [5.41, 5.74) is 7.93. The molecule has 0 saturated carbocycles. The summed E-state index contributed by atoms with van der Waals surface area (Å²) in [6, 6.07) is 14.7. The monoisotopic (exact) mass is 517 g/mol. The van der Waals surface area contributed by atoms with Crippen LogP contribution in [0.15, 0.2) is 79.1 Å². The van der Waals surface area contributed by atoms with E-state index in [1.54, 1.807) is 37.5 Å². The summed E-state index contributed by atoms with van der Waals surface area (Å²) in [5, 5.41) is 5.60. The molecular formula is C28H31N5O5. The summed E-state index contributed by atoms with van der Waals surface area (Å²) in [5.74, 6) is -2.06. The van der Waals surface area contributed by atoms with Crippen molar-refractivity contribution in [1.82, 2.24) is 20.6 Å². The molecule has 0 spiro atoms. The number of primary amides is 1. The van der Waals surface area contributed by atoms with Gasteiger partial charge in [0.25, 0.3) is 5.91 Å². The number of esters is 1. The normalized spacial score (nSPS) is 12.4. The van der Waals surface area contributed by atoms with Crippen LogP contribution in [0.2, 0.25) is 0 Å². The van der Waals surface area contributed by atoms with Gasteiger partial charge >= 0.3 is 5.97 Å². The van der Waals surface area contributed by atoms with Crippen LogP contribution in [0.4, 0.5) is 0 Å². The van der Waals surface area contributed by atoms with E-state index in [9.17, 15) is 19.2 Å². The Morgan fingerprint density at radius 2 is 1.84 bits per heavy atom. The Bertz CT molecular complexity index is 1260. The highest BCUT2D eigenvalue weighted by Gasteiger charge is 2.24. The summed E-state index contributed by atoms with van der Waals surface area (Å²) >= 11 is 0. The minimum atomic E-state index is -0.942. The van der Waals surface area contributed by atoms with Crippen molar-refractivity contribution in [1.29, 1.82) is 0 Å². The topological polar surface area (TPSA) is 156 Å². The zero-order valence-corrected chi connectivity index (χ0v) is 21.1. The number of aromatic nitrogens is 2. The van der Waals surface area contributed by atoms with Crippen molar-refractivity contribution in [2.45, 2.75) is 38.3 Å². The van der Waals surface area contributed by atoms with Gasteiger partial charge in [0.15, 0.2) is 0 Å². The van der Waals surface area contributed by atoms with E-state index in [0.717, 1.165) is 11.1 Å². The average molecular weight is 518 g/mol. The van der Waals surface area contributed by atoms with Crippen molar-refractivity contribution in [2.24, 2.45) is 5.73 Å². The fourth-order valence-electron chi connectivity index (χ4n) is 3.70. The summed E-state index contributed by atoms with van der Waals surface area (Å²) in [6.07, 6.45) is 6.37. The zero-order valence-electron chi connectivity index (χ0n) is 21.1. The smallest absolute Gasteiger partial charge is 0.330 e. The maximum Gasteiger partial charge on any atom is 0.330 e. The summed E-state index contributed by atoms with van der Waals surface area (Å²) in [4.78, 5) is 56.7. The van der Waals surface area contributed by atoms with Gasteiger partial charge in [-0.15, -0.1) is 0 Å². The Balaban J connectivity index is 1.78. The van der Waals surface area contributed by atoms with E-state index in [0.29, 0.717) is 5.69 Å². The molecule has 10 nitrogen and oxygen atoms in total. The first kappa shape index (κ1) is 27.9. The first-order valence-corrected chi connectivity index (χ1v) is 12.2. The standard InChI is InChI=1S/C28H31N5O5/c1-2-38-26(35)15-11-21(10-14-25(29)34)31-28(37)24(17-19-7-4-3-5-8-19)33-27(36)23-13-12-22(32-23)20-9-6-16-30-18-20/h3-9,11-13,15-16,18,21,24,32H,2,10,14,17H2,1H3,(H2,29,34)(H,31,37)(H,33,36)/b15-11+. The minimum absolute atomic E-state index is 0.00653. The van der Waals surface area contributed by atoms with Gasteiger partial charge in [0, 0.05) is 48.6 Å². The number of H-pyrrole nitrogens is 1. The molecule has 2 unspecified atom stereocenters. The molecule has 2 atom stereocenters. The molecule has 5 N–H and O–H groups in total. The first-order valence-electron chi connectivity index (χ1n) is 12.2. The van der Waals surface area contributed by atoms with Gasteiger partial charge in [-0.1, -0.05) is 36.4 Å². The lowest BCUT2D eigenvalue weighted by Crippen LogP contribution is -2.50. The Kier molecular flexibility index (Phi) is 10.3. The molecule has 38 heavy (non-hydrogen) atoms. The maximum absolute atomic E-state index is 13.4. The van der Waals surface area contributed by atoms with Crippen LogP contribution < -0.4 is 16.4 Å². The van der Waals surface area contributed by atoms with Gasteiger partial charge in [-0.25, -0.2) is 4.79 Å². The number of pyridine rings is 1. The Hall–Kier alpha value is -4.73. The number of hydrogen-bond acceptors (Lipinski definition) is 6. The van der Waals surface area contributed by atoms with Crippen molar-refractivity contribution in [3.05, 3.63) is 90.4 Å². The number of nitrogens with zero attached hydrogens (tertiary/aromatic N) is 1. The van der Waals surface area contributed by atoms with Gasteiger partial charge in [0.05, 0.1) is 6.61 Å². The van der Waals surface area contributed by atoms with Crippen molar-refractivity contribution in [3.8, 4) is 11.3 Å². The van der Waals surface area contributed by atoms with Crippen molar-refractivity contribution >= 4 is 23.7 Å². The van der Waals surface area contributed by atoms with Crippen LogP contribution in [0.5, 0.6) is 0 Å². The van der Waals surface area contributed by atoms with E-state index in [1.807, 2.05) is 36.4 Å². The van der Waals surface area contributed by atoms with Gasteiger partial charge in [-0.3, -0.25) is 19.4 Å². The molecule has 3 aromatic rings. The molecule has 0 saturated heterocycles. The SMILES string of the molecule is CCOC(=O)/C=C/C(CCC(N)=O)NC(=O)C(Cc1ccccc1)NC(=O)c1ccc(-c2cccnc2)[nH]1. The maximum atomic E-state index is 13.4. The third-order valence-corrected chi connectivity index (χ3v) is 5.59. The lowest BCUT2D eigenvalue weighted by molar-refractivity contribution is -0.137. The zero-order chi connectivity index (χ0) is 27.3. The number of carbonyl (C=O) groups excluding carboxylic acids is 4. The van der Waals surface area contributed by atoms with Crippen LogP contribution in [-0.2, 0) is 25.5 Å². The number of hydrogen-bond donors (Lipinski definition) is 4. The Labute approximate surface area is 220 Å². The minimum Gasteiger partial charge on any atom is -0.463 e. The molecule has 2 aromatic heterocycles. The van der Waals surface area contributed by atoms with E-state index in [-0.39, 0.29) is 31.6 Å². The van der Waals surface area contributed by atoms with E-state index < -0.39 is 35.8 Å². The van der Waals surface area contributed by atoms with Gasteiger partial charge in [-0.2, -0.15) is 0 Å². The van der Waals surface area contributed by atoms with Gasteiger partial charge in [0.1, 0.15) is 11.7 Å². The Morgan fingerprint density at radius 1 is 1.05 bits per heavy atom. The molecule has 1 aromatic carbocycles. The number of ether oxygens (including phenoxy) is 1. The second kappa shape index (κ2) is 14.1. The second-order valence-corrected chi connectivity index (χ2v) is 8.47. The number of benzene rings is 1. The molecule has 0 fully saturated rings. The van der Waals surface area contributed by atoms with Crippen molar-refractivity contribution in [2.75, 3.05) is 6.61 Å². The molecule has 2 heterocycles. The van der Waals surface area contributed by atoms with Crippen LogP contribution in [0.25, 0.3) is 11.3 Å². The molecular weight excluding hydrogens is 486 g/mol. The quantitative estimate of drug-likeness (QED) is 0.201. The number of nitrogens with one attached hydrogen (secondary N) is 3. The number of aromatic amines is 1. The fraction of sp³-hybridized carbons (Fsp3) is 0.250. The van der Waals surface area contributed by atoms with Gasteiger partial charge < -0.3 is 26.1 Å². The van der Waals surface area contributed by atoms with E-state index in [2.05, 4.69) is 20.6 Å². The Morgan fingerprint density at radius 3 is 2.53 bits per heavy atom. The molecule has 0 bridgehead atoms. The molecule has 0 aliphatic heterocycles. The highest BCUT2D eigenvalue weighted by molar-refractivity contribution is 5.97. The average Bonchev–Trinajstić information content (AvgIpc) is 3.41. The second-order valence-electron chi connectivity index (χ2n) is 8.47.